The third kappa shape index (κ3) is 3.12. The molecule has 116 valence electrons. The van der Waals surface area contributed by atoms with Crippen molar-refractivity contribution in [3.63, 3.8) is 0 Å². The number of aryl methyl sites for hydroxylation is 1. The molecule has 0 atom stereocenters. The first-order valence-electron chi connectivity index (χ1n) is 7.10. The molecule has 1 heterocycles. The fourth-order valence-corrected chi connectivity index (χ4v) is 2.46. The van der Waals surface area contributed by atoms with E-state index in [0.717, 1.165) is 16.5 Å². The molecule has 5 heteroatoms. The molecule has 1 N–H and O–H groups in total. The minimum Gasteiger partial charge on any atom is -0.495 e. The minimum absolute atomic E-state index is 0.296. The second-order valence-electron chi connectivity index (χ2n) is 5.14. The normalized spacial score (nSPS) is 10.6. The number of anilines is 1. The van der Waals surface area contributed by atoms with Crippen LogP contribution in [0.4, 0.5) is 5.69 Å². The first-order chi connectivity index (χ1) is 11.1. The van der Waals surface area contributed by atoms with Gasteiger partial charge in [0.15, 0.2) is 0 Å². The number of nitrogens with one attached hydrogen (secondary N) is 1. The van der Waals surface area contributed by atoms with Gasteiger partial charge in [0.05, 0.1) is 18.3 Å². The number of amides is 1. The van der Waals surface area contributed by atoms with E-state index in [1.807, 2.05) is 37.3 Å². The Labute approximate surface area is 139 Å². The number of aromatic nitrogens is 1. The number of pyridine rings is 1. The van der Waals surface area contributed by atoms with Crippen molar-refractivity contribution in [2.24, 2.45) is 0 Å². The van der Waals surface area contributed by atoms with Gasteiger partial charge in [0.25, 0.3) is 5.91 Å². The molecule has 0 unspecified atom stereocenters. The van der Waals surface area contributed by atoms with Gasteiger partial charge < -0.3 is 10.1 Å². The van der Waals surface area contributed by atoms with Crippen LogP contribution >= 0.6 is 11.6 Å². The Kier molecular flexibility index (Phi) is 4.17. The van der Waals surface area contributed by atoms with Crippen LogP contribution in [-0.4, -0.2) is 18.0 Å². The number of methoxy groups -OCH3 is 1. The van der Waals surface area contributed by atoms with Gasteiger partial charge in [0, 0.05) is 16.5 Å². The lowest BCUT2D eigenvalue weighted by atomic mass is 10.2. The van der Waals surface area contributed by atoms with Crippen molar-refractivity contribution in [3.05, 3.63) is 64.8 Å². The molecule has 0 aliphatic heterocycles. The van der Waals surface area contributed by atoms with Crippen LogP contribution in [0, 0.1) is 6.92 Å². The maximum absolute atomic E-state index is 12.5. The predicted octanol–water partition coefficient (Wildman–Crippen LogP) is 4.46. The molecule has 23 heavy (non-hydrogen) atoms. The Morgan fingerprint density at radius 2 is 1.96 bits per heavy atom. The van der Waals surface area contributed by atoms with Gasteiger partial charge in [-0.2, -0.15) is 0 Å². The van der Waals surface area contributed by atoms with Crippen LogP contribution in [-0.2, 0) is 0 Å². The van der Waals surface area contributed by atoms with Crippen LogP contribution < -0.4 is 10.1 Å². The molecule has 0 aliphatic rings. The van der Waals surface area contributed by atoms with E-state index in [1.54, 1.807) is 18.2 Å². The summed E-state index contributed by atoms with van der Waals surface area (Å²) in [5.74, 6) is 0.213. The van der Waals surface area contributed by atoms with Crippen LogP contribution in [0.15, 0.2) is 48.5 Å². The summed E-state index contributed by atoms with van der Waals surface area (Å²) < 4.78 is 5.27. The molecule has 1 amide bonds. The molecular formula is C18H15ClN2O2. The molecule has 2 aromatic carbocycles. The van der Waals surface area contributed by atoms with Crippen molar-refractivity contribution >= 4 is 34.1 Å². The average Bonchev–Trinajstić information content (AvgIpc) is 2.57. The molecule has 0 bridgehead atoms. The SMILES string of the molecule is COc1cc(Cl)c(C)cc1NC(=O)c1ccc2ccccc2n1. The number of fused-ring (bicyclic) bond motifs is 1. The van der Waals surface area contributed by atoms with Gasteiger partial charge in [-0.25, -0.2) is 4.98 Å². The average molecular weight is 327 g/mol. The van der Waals surface area contributed by atoms with Crippen LogP contribution in [0.25, 0.3) is 10.9 Å². The summed E-state index contributed by atoms with van der Waals surface area (Å²) in [5, 5.41) is 4.40. The quantitative estimate of drug-likeness (QED) is 0.773. The monoisotopic (exact) mass is 326 g/mol. The lowest BCUT2D eigenvalue weighted by Gasteiger charge is -2.12. The maximum atomic E-state index is 12.5. The number of halogens is 1. The molecule has 3 aromatic rings. The van der Waals surface area contributed by atoms with Crippen molar-refractivity contribution in [3.8, 4) is 5.75 Å². The summed E-state index contributed by atoms with van der Waals surface area (Å²) in [6, 6.07) is 14.7. The number of para-hydroxylation sites is 1. The molecule has 0 saturated heterocycles. The summed E-state index contributed by atoms with van der Waals surface area (Å²) in [4.78, 5) is 16.8. The van der Waals surface area contributed by atoms with Crippen molar-refractivity contribution < 1.29 is 9.53 Å². The Morgan fingerprint density at radius 1 is 1.17 bits per heavy atom. The zero-order valence-corrected chi connectivity index (χ0v) is 13.5. The van der Waals surface area contributed by atoms with Crippen LogP contribution in [0.2, 0.25) is 5.02 Å². The van der Waals surface area contributed by atoms with E-state index in [2.05, 4.69) is 10.3 Å². The van der Waals surface area contributed by atoms with E-state index in [-0.39, 0.29) is 5.91 Å². The Morgan fingerprint density at radius 3 is 2.74 bits per heavy atom. The van der Waals surface area contributed by atoms with Crippen molar-refractivity contribution in [1.29, 1.82) is 0 Å². The highest BCUT2D eigenvalue weighted by molar-refractivity contribution is 6.31. The minimum atomic E-state index is -0.296. The number of ether oxygens (including phenoxy) is 1. The second kappa shape index (κ2) is 6.26. The van der Waals surface area contributed by atoms with E-state index in [1.165, 1.54) is 7.11 Å². The third-order valence-corrected chi connectivity index (χ3v) is 3.97. The number of nitrogens with zero attached hydrogens (tertiary/aromatic N) is 1. The number of rotatable bonds is 3. The Balaban J connectivity index is 1.93. The predicted molar refractivity (Wildman–Crippen MR) is 92.4 cm³/mol. The Bertz CT molecular complexity index is 893. The van der Waals surface area contributed by atoms with Gasteiger partial charge in [-0.3, -0.25) is 4.79 Å². The molecule has 0 radical (unpaired) electrons. The van der Waals surface area contributed by atoms with Crippen molar-refractivity contribution in [1.82, 2.24) is 4.98 Å². The summed E-state index contributed by atoms with van der Waals surface area (Å²) in [7, 11) is 1.53. The zero-order valence-electron chi connectivity index (χ0n) is 12.8. The van der Waals surface area contributed by atoms with Crippen LogP contribution in [0.1, 0.15) is 16.1 Å². The van der Waals surface area contributed by atoms with Gasteiger partial charge in [-0.15, -0.1) is 0 Å². The molecule has 1 aromatic heterocycles. The molecule has 4 nitrogen and oxygen atoms in total. The van der Waals surface area contributed by atoms with E-state index < -0.39 is 0 Å². The van der Waals surface area contributed by atoms with Gasteiger partial charge in [0.1, 0.15) is 11.4 Å². The van der Waals surface area contributed by atoms with E-state index >= 15 is 0 Å². The fourth-order valence-electron chi connectivity index (χ4n) is 2.31. The first-order valence-corrected chi connectivity index (χ1v) is 7.47. The lowest BCUT2D eigenvalue weighted by Crippen LogP contribution is -2.14. The maximum Gasteiger partial charge on any atom is 0.274 e. The summed E-state index contributed by atoms with van der Waals surface area (Å²) in [6.07, 6.45) is 0. The van der Waals surface area contributed by atoms with Gasteiger partial charge in [-0.05, 0) is 30.7 Å². The fraction of sp³-hybridized carbons (Fsp3) is 0.111. The lowest BCUT2D eigenvalue weighted by molar-refractivity contribution is 0.102. The molecule has 0 spiro atoms. The summed E-state index contributed by atoms with van der Waals surface area (Å²) >= 11 is 6.08. The standard InChI is InChI=1S/C18H15ClN2O2/c1-11-9-16(17(23-2)10-13(11)19)21-18(22)15-8-7-12-5-3-4-6-14(12)20-15/h3-10H,1-2H3,(H,21,22). The van der Waals surface area contributed by atoms with E-state index in [0.29, 0.717) is 22.2 Å². The molecule has 3 rings (SSSR count). The topological polar surface area (TPSA) is 51.2 Å². The first kappa shape index (κ1) is 15.3. The van der Waals surface area contributed by atoms with Crippen LogP contribution in [0.5, 0.6) is 5.75 Å². The van der Waals surface area contributed by atoms with Crippen molar-refractivity contribution in [2.45, 2.75) is 6.92 Å². The van der Waals surface area contributed by atoms with Gasteiger partial charge in [-0.1, -0.05) is 35.9 Å². The number of carbonyl (C=O) groups excluding carboxylic acids is 1. The number of hydrogen-bond donors (Lipinski definition) is 1. The largest absolute Gasteiger partial charge is 0.495 e. The molecule has 0 aliphatic carbocycles. The Hall–Kier alpha value is -2.59. The number of benzene rings is 2. The summed E-state index contributed by atoms with van der Waals surface area (Å²) in [6.45, 7) is 1.87. The second-order valence-corrected chi connectivity index (χ2v) is 5.55. The van der Waals surface area contributed by atoms with E-state index in [4.69, 9.17) is 16.3 Å². The van der Waals surface area contributed by atoms with Gasteiger partial charge in [0.2, 0.25) is 0 Å². The number of hydrogen-bond acceptors (Lipinski definition) is 3. The third-order valence-electron chi connectivity index (χ3n) is 3.56. The molecule has 0 fully saturated rings. The van der Waals surface area contributed by atoms with E-state index in [9.17, 15) is 4.79 Å². The van der Waals surface area contributed by atoms with Gasteiger partial charge >= 0.3 is 0 Å². The highest BCUT2D eigenvalue weighted by Gasteiger charge is 2.13. The summed E-state index contributed by atoms with van der Waals surface area (Å²) in [5.41, 5.74) is 2.54. The molecule has 0 saturated carbocycles. The zero-order chi connectivity index (χ0) is 16.4. The smallest absolute Gasteiger partial charge is 0.274 e. The molecular weight excluding hydrogens is 312 g/mol. The highest BCUT2D eigenvalue weighted by Crippen LogP contribution is 2.31. The number of carbonyl (C=O) groups is 1. The highest BCUT2D eigenvalue weighted by atomic mass is 35.5. The van der Waals surface area contributed by atoms with Crippen molar-refractivity contribution in [2.75, 3.05) is 12.4 Å². The van der Waals surface area contributed by atoms with Crippen LogP contribution in [0.3, 0.4) is 0 Å².